The highest BCUT2D eigenvalue weighted by molar-refractivity contribution is 5.48. The molecule has 0 aromatic heterocycles. The van der Waals surface area contributed by atoms with Crippen molar-refractivity contribution in [2.75, 3.05) is 11.9 Å². The molecule has 0 saturated carbocycles. The number of rotatable bonds is 3. The van der Waals surface area contributed by atoms with E-state index in [2.05, 4.69) is 17.2 Å². The van der Waals surface area contributed by atoms with Crippen molar-refractivity contribution in [2.24, 2.45) is 0 Å². The van der Waals surface area contributed by atoms with Gasteiger partial charge >= 0.3 is 0 Å². The Labute approximate surface area is 88.7 Å². The van der Waals surface area contributed by atoms with Crippen LogP contribution in [0.5, 0.6) is 0 Å². The summed E-state index contributed by atoms with van der Waals surface area (Å²) in [5.74, 6) is 5.23. The Bertz CT molecular complexity index is 435. The number of nitriles is 1. The molecule has 0 aliphatic heterocycles. The summed E-state index contributed by atoms with van der Waals surface area (Å²) in [6.45, 7) is 2.37. The third-order valence-corrected chi connectivity index (χ3v) is 1.84. The molecule has 0 fully saturated rings. The van der Waals surface area contributed by atoms with Gasteiger partial charge in [-0.15, -0.1) is 11.8 Å². The molecule has 0 heterocycles. The zero-order valence-electron chi connectivity index (χ0n) is 8.47. The number of nitrogens with zero attached hydrogens (tertiary/aromatic N) is 1. The first kappa shape index (κ1) is 11.1. The molecule has 1 N–H and O–H groups in total. The fraction of sp³-hybridized carbons (Fsp3) is 0.250. The molecule has 0 amide bonds. The molecule has 2 nitrogen and oxygen atoms in total. The summed E-state index contributed by atoms with van der Waals surface area (Å²) >= 11 is 0. The van der Waals surface area contributed by atoms with Gasteiger partial charge in [-0.1, -0.05) is 0 Å². The van der Waals surface area contributed by atoms with Crippen molar-refractivity contribution in [3.05, 3.63) is 29.6 Å². The maximum atomic E-state index is 13.3. The standard InChI is InChI=1S/C12H11FN2/c1-2-3-4-7-15-12-6-5-10(9-14)8-11(12)13/h5-6,8,15H,4,7H2,1H3. The van der Waals surface area contributed by atoms with E-state index in [4.69, 9.17) is 5.26 Å². The van der Waals surface area contributed by atoms with Crippen LogP contribution in [0.15, 0.2) is 18.2 Å². The number of hydrogen-bond acceptors (Lipinski definition) is 2. The predicted octanol–water partition coefficient (Wildman–Crippen LogP) is 2.52. The van der Waals surface area contributed by atoms with E-state index >= 15 is 0 Å². The van der Waals surface area contributed by atoms with Gasteiger partial charge in [0.1, 0.15) is 5.82 Å². The van der Waals surface area contributed by atoms with Crippen molar-refractivity contribution in [3.63, 3.8) is 0 Å². The van der Waals surface area contributed by atoms with Gasteiger partial charge in [0.25, 0.3) is 0 Å². The van der Waals surface area contributed by atoms with Crippen LogP contribution in [0, 0.1) is 29.0 Å². The molecule has 0 atom stereocenters. The second-order valence-corrected chi connectivity index (χ2v) is 2.91. The fourth-order valence-electron chi connectivity index (χ4n) is 1.11. The monoisotopic (exact) mass is 202 g/mol. The van der Waals surface area contributed by atoms with Crippen LogP contribution in [0.4, 0.5) is 10.1 Å². The maximum absolute atomic E-state index is 13.3. The first-order valence-corrected chi connectivity index (χ1v) is 4.61. The van der Waals surface area contributed by atoms with E-state index < -0.39 is 5.82 Å². The number of benzene rings is 1. The van der Waals surface area contributed by atoms with E-state index in [0.29, 0.717) is 24.2 Å². The number of nitrogens with one attached hydrogen (secondary N) is 1. The van der Waals surface area contributed by atoms with Gasteiger partial charge in [0.05, 0.1) is 17.3 Å². The highest BCUT2D eigenvalue weighted by Crippen LogP contribution is 2.14. The van der Waals surface area contributed by atoms with E-state index in [-0.39, 0.29) is 0 Å². The summed E-state index contributed by atoms with van der Waals surface area (Å²) in [5.41, 5.74) is 0.735. The lowest BCUT2D eigenvalue weighted by molar-refractivity contribution is 0.630. The molecule has 0 bridgehead atoms. The molecule has 1 aromatic rings. The van der Waals surface area contributed by atoms with Crippen LogP contribution < -0.4 is 5.32 Å². The molecule has 0 radical (unpaired) electrons. The summed E-state index contributed by atoms with van der Waals surface area (Å²) in [7, 11) is 0. The van der Waals surface area contributed by atoms with Crippen molar-refractivity contribution in [3.8, 4) is 17.9 Å². The third-order valence-electron chi connectivity index (χ3n) is 1.84. The number of hydrogen-bond donors (Lipinski definition) is 1. The average Bonchev–Trinajstić information content (AvgIpc) is 2.26. The lowest BCUT2D eigenvalue weighted by Gasteiger charge is -2.05. The minimum atomic E-state index is -0.404. The second kappa shape index (κ2) is 5.67. The van der Waals surface area contributed by atoms with Crippen molar-refractivity contribution < 1.29 is 4.39 Å². The van der Waals surface area contributed by atoms with Crippen LogP contribution in [0.2, 0.25) is 0 Å². The maximum Gasteiger partial charge on any atom is 0.147 e. The van der Waals surface area contributed by atoms with Crippen molar-refractivity contribution in [1.29, 1.82) is 5.26 Å². The summed E-state index contributed by atoms with van der Waals surface area (Å²) in [6, 6.07) is 6.24. The second-order valence-electron chi connectivity index (χ2n) is 2.91. The van der Waals surface area contributed by atoms with Gasteiger partial charge in [-0.05, 0) is 25.1 Å². The van der Waals surface area contributed by atoms with Gasteiger partial charge in [0.2, 0.25) is 0 Å². The molecular formula is C12H11FN2. The van der Waals surface area contributed by atoms with Gasteiger partial charge in [-0.25, -0.2) is 4.39 Å². The summed E-state index contributed by atoms with van der Waals surface area (Å²) in [5, 5.41) is 11.5. The van der Waals surface area contributed by atoms with Gasteiger partial charge in [-0.2, -0.15) is 5.26 Å². The zero-order valence-corrected chi connectivity index (χ0v) is 8.47. The van der Waals surface area contributed by atoms with Crippen LogP contribution in [0.3, 0.4) is 0 Å². The first-order valence-electron chi connectivity index (χ1n) is 4.61. The lowest BCUT2D eigenvalue weighted by Crippen LogP contribution is -2.02. The Morgan fingerprint density at radius 2 is 2.27 bits per heavy atom. The topological polar surface area (TPSA) is 35.8 Å². The third kappa shape index (κ3) is 3.32. The Morgan fingerprint density at radius 1 is 1.47 bits per heavy atom. The summed E-state index contributed by atoms with van der Waals surface area (Å²) < 4.78 is 13.3. The van der Waals surface area contributed by atoms with Crippen LogP contribution in [-0.4, -0.2) is 6.54 Å². The van der Waals surface area contributed by atoms with Crippen molar-refractivity contribution in [1.82, 2.24) is 0 Å². The molecule has 0 spiro atoms. The highest BCUT2D eigenvalue weighted by atomic mass is 19.1. The average molecular weight is 202 g/mol. The Balaban J connectivity index is 2.61. The minimum Gasteiger partial charge on any atom is -0.382 e. The molecular weight excluding hydrogens is 191 g/mol. The SMILES string of the molecule is CC#CCCNc1ccc(C#N)cc1F. The largest absolute Gasteiger partial charge is 0.382 e. The van der Waals surface area contributed by atoms with Crippen molar-refractivity contribution in [2.45, 2.75) is 13.3 Å². The van der Waals surface area contributed by atoms with Gasteiger partial charge in [0, 0.05) is 13.0 Å². The van der Waals surface area contributed by atoms with Crippen LogP contribution in [0.25, 0.3) is 0 Å². The lowest BCUT2D eigenvalue weighted by atomic mass is 10.2. The Morgan fingerprint density at radius 3 is 2.87 bits per heavy atom. The van der Waals surface area contributed by atoms with Crippen molar-refractivity contribution >= 4 is 5.69 Å². The quantitative estimate of drug-likeness (QED) is 0.604. The van der Waals surface area contributed by atoms with E-state index in [9.17, 15) is 4.39 Å². The van der Waals surface area contributed by atoms with E-state index in [0.717, 1.165) is 0 Å². The molecule has 1 aromatic carbocycles. The molecule has 0 aliphatic carbocycles. The van der Waals surface area contributed by atoms with Crippen LogP contribution in [0.1, 0.15) is 18.9 Å². The summed E-state index contributed by atoms with van der Waals surface area (Å²) in [6.07, 6.45) is 0.677. The number of anilines is 1. The molecule has 0 aliphatic rings. The normalized spacial score (nSPS) is 8.60. The number of halogens is 1. The fourth-order valence-corrected chi connectivity index (χ4v) is 1.11. The minimum absolute atomic E-state index is 0.325. The van der Waals surface area contributed by atoms with Crippen LogP contribution in [-0.2, 0) is 0 Å². The van der Waals surface area contributed by atoms with Crippen LogP contribution >= 0.6 is 0 Å². The Hall–Kier alpha value is -2.00. The molecule has 15 heavy (non-hydrogen) atoms. The molecule has 1 rings (SSSR count). The predicted molar refractivity (Wildman–Crippen MR) is 57.7 cm³/mol. The molecule has 0 saturated heterocycles. The molecule has 76 valence electrons. The van der Waals surface area contributed by atoms with Gasteiger partial charge < -0.3 is 5.32 Å². The summed E-state index contributed by atoms with van der Waals surface area (Å²) in [4.78, 5) is 0. The van der Waals surface area contributed by atoms with Gasteiger partial charge in [0.15, 0.2) is 0 Å². The van der Waals surface area contributed by atoms with Gasteiger partial charge in [-0.3, -0.25) is 0 Å². The Kier molecular flexibility index (Phi) is 4.19. The van der Waals surface area contributed by atoms with E-state index in [1.165, 1.54) is 6.07 Å². The highest BCUT2D eigenvalue weighted by Gasteiger charge is 2.01. The zero-order chi connectivity index (χ0) is 11.1. The van der Waals surface area contributed by atoms with E-state index in [1.807, 2.05) is 6.07 Å². The smallest absolute Gasteiger partial charge is 0.147 e. The molecule has 3 heteroatoms. The van der Waals surface area contributed by atoms with E-state index in [1.54, 1.807) is 19.1 Å². The molecule has 0 unspecified atom stereocenters. The first-order chi connectivity index (χ1) is 7.27.